The maximum absolute atomic E-state index is 14.6. The summed E-state index contributed by atoms with van der Waals surface area (Å²) in [6.45, 7) is 2.06. The third kappa shape index (κ3) is 5.01. The summed E-state index contributed by atoms with van der Waals surface area (Å²) in [5.74, 6) is -1.04. The summed E-state index contributed by atoms with van der Waals surface area (Å²) in [5, 5.41) is 16.0. The van der Waals surface area contributed by atoms with Crippen molar-refractivity contribution in [1.82, 2.24) is 24.7 Å². The second-order valence-electron chi connectivity index (χ2n) is 8.45. The molecule has 1 saturated heterocycles. The number of hydrogen-bond donors (Lipinski definition) is 1. The van der Waals surface area contributed by atoms with Crippen LogP contribution in [0.25, 0.3) is 11.3 Å². The highest BCUT2D eigenvalue weighted by Crippen LogP contribution is 2.35. The zero-order valence-electron chi connectivity index (χ0n) is 19.6. The standard InChI is InChI=1S/C25H18ClF3N8O/c26-18-3-2-17(24(28)29)22(23(18)27)19-10-31-11-20(35-19)25(38)34-16-9-33-37(13-16)12-15-8-32-21(6-14(15)7-30)36-4-1-5-36/h2-3,6,8-11,13,24H,1,4-5,12H2,(H,34,38). The number of halogens is 4. The summed E-state index contributed by atoms with van der Waals surface area (Å²) in [5.41, 5.74) is -0.183. The Balaban J connectivity index is 1.33. The number of benzene rings is 1. The first-order valence-corrected chi connectivity index (χ1v) is 11.8. The molecule has 1 fully saturated rings. The quantitative estimate of drug-likeness (QED) is 0.358. The van der Waals surface area contributed by atoms with E-state index in [9.17, 15) is 23.2 Å². The predicted molar refractivity (Wildman–Crippen MR) is 132 cm³/mol. The zero-order valence-corrected chi connectivity index (χ0v) is 20.3. The first-order chi connectivity index (χ1) is 18.3. The first kappa shape index (κ1) is 25.2. The summed E-state index contributed by atoms with van der Waals surface area (Å²) in [4.78, 5) is 27.2. The van der Waals surface area contributed by atoms with Crippen LogP contribution in [-0.2, 0) is 6.54 Å². The van der Waals surface area contributed by atoms with Gasteiger partial charge in [0, 0.05) is 42.2 Å². The van der Waals surface area contributed by atoms with Gasteiger partial charge in [0.15, 0.2) is 5.82 Å². The van der Waals surface area contributed by atoms with Crippen molar-refractivity contribution in [2.24, 2.45) is 0 Å². The van der Waals surface area contributed by atoms with Gasteiger partial charge in [-0.1, -0.05) is 17.7 Å². The van der Waals surface area contributed by atoms with Gasteiger partial charge in [-0.2, -0.15) is 10.4 Å². The van der Waals surface area contributed by atoms with Crippen LogP contribution in [0.1, 0.15) is 40.0 Å². The number of nitriles is 1. The molecule has 3 aromatic heterocycles. The largest absolute Gasteiger partial charge is 0.356 e. The topological polar surface area (TPSA) is 113 Å². The summed E-state index contributed by atoms with van der Waals surface area (Å²) in [6.07, 6.45) is 4.87. The zero-order chi connectivity index (χ0) is 26.8. The minimum absolute atomic E-state index is 0.229. The van der Waals surface area contributed by atoms with Gasteiger partial charge in [-0.05, 0) is 18.6 Å². The highest BCUT2D eigenvalue weighted by molar-refractivity contribution is 6.31. The lowest BCUT2D eigenvalue weighted by Gasteiger charge is -2.32. The van der Waals surface area contributed by atoms with E-state index in [1.54, 1.807) is 18.5 Å². The van der Waals surface area contributed by atoms with E-state index in [4.69, 9.17) is 11.6 Å². The predicted octanol–water partition coefficient (Wildman–Crippen LogP) is 4.85. The van der Waals surface area contributed by atoms with Crippen LogP contribution in [0.15, 0.2) is 49.2 Å². The van der Waals surface area contributed by atoms with Crippen LogP contribution in [0.3, 0.4) is 0 Å². The van der Waals surface area contributed by atoms with Crippen LogP contribution >= 0.6 is 11.6 Å². The lowest BCUT2D eigenvalue weighted by molar-refractivity contribution is 0.102. The Morgan fingerprint density at radius 3 is 2.74 bits per heavy atom. The summed E-state index contributed by atoms with van der Waals surface area (Å²) < 4.78 is 43.1. The lowest BCUT2D eigenvalue weighted by atomic mass is 10.0. The highest BCUT2D eigenvalue weighted by Gasteiger charge is 2.23. The molecule has 0 atom stereocenters. The second-order valence-corrected chi connectivity index (χ2v) is 8.86. The molecule has 5 rings (SSSR count). The Hall–Kier alpha value is -4.50. The minimum atomic E-state index is -2.99. The van der Waals surface area contributed by atoms with Gasteiger partial charge in [-0.25, -0.2) is 23.1 Å². The van der Waals surface area contributed by atoms with Crippen molar-refractivity contribution in [2.45, 2.75) is 19.4 Å². The second kappa shape index (κ2) is 10.5. The number of carbonyl (C=O) groups excluding carboxylic acids is 1. The summed E-state index contributed by atoms with van der Waals surface area (Å²) in [6, 6.07) is 5.95. The van der Waals surface area contributed by atoms with Crippen molar-refractivity contribution in [3.63, 3.8) is 0 Å². The van der Waals surface area contributed by atoms with E-state index >= 15 is 0 Å². The van der Waals surface area contributed by atoms with Gasteiger partial charge in [0.05, 0.1) is 53.2 Å². The van der Waals surface area contributed by atoms with Gasteiger partial charge >= 0.3 is 0 Å². The third-order valence-corrected chi connectivity index (χ3v) is 6.27. The Morgan fingerprint density at radius 1 is 1.21 bits per heavy atom. The molecule has 192 valence electrons. The average Bonchev–Trinajstić information content (AvgIpc) is 3.31. The molecule has 13 heteroatoms. The highest BCUT2D eigenvalue weighted by atomic mass is 35.5. The number of nitrogens with one attached hydrogen (secondary N) is 1. The number of anilines is 2. The van der Waals surface area contributed by atoms with E-state index in [1.165, 1.54) is 10.9 Å². The average molecular weight is 539 g/mol. The Bertz CT molecular complexity index is 1560. The van der Waals surface area contributed by atoms with Crippen molar-refractivity contribution in [3.8, 4) is 17.3 Å². The molecule has 9 nitrogen and oxygen atoms in total. The van der Waals surface area contributed by atoms with Gasteiger partial charge < -0.3 is 10.2 Å². The third-order valence-electron chi connectivity index (χ3n) is 5.98. The van der Waals surface area contributed by atoms with Crippen LogP contribution in [0.5, 0.6) is 0 Å². The van der Waals surface area contributed by atoms with Crippen LogP contribution in [-0.4, -0.2) is 43.7 Å². The maximum Gasteiger partial charge on any atom is 0.275 e. The molecular weight excluding hydrogens is 521 g/mol. The number of rotatable bonds is 7. The van der Waals surface area contributed by atoms with Gasteiger partial charge in [0.2, 0.25) is 0 Å². The molecule has 1 aliphatic heterocycles. The fourth-order valence-electron chi connectivity index (χ4n) is 3.91. The van der Waals surface area contributed by atoms with Crippen molar-refractivity contribution in [1.29, 1.82) is 5.26 Å². The molecular formula is C25H18ClF3N8O. The molecule has 1 aromatic carbocycles. The number of pyridine rings is 1. The number of hydrogen-bond acceptors (Lipinski definition) is 7. The van der Waals surface area contributed by atoms with Gasteiger partial charge in [0.1, 0.15) is 11.5 Å². The molecule has 4 aromatic rings. The van der Waals surface area contributed by atoms with Crippen molar-refractivity contribution >= 4 is 29.0 Å². The van der Waals surface area contributed by atoms with E-state index in [0.717, 1.165) is 49.9 Å². The van der Waals surface area contributed by atoms with Crippen LogP contribution in [0.2, 0.25) is 5.02 Å². The van der Waals surface area contributed by atoms with E-state index in [2.05, 4.69) is 36.3 Å². The van der Waals surface area contributed by atoms with E-state index in [-0.39, 0.29) is 23.0 Å². The molecule has 0 unspecified atom stereocenters. The molecule has 0 bridgehead atoms. The molecule has 0 spiro atoms. The van der Waals surface area contributed by atoms with Crippen LogP contribution in [0.4, 0.5) is 24.7 Å². The number of nitrogens with zero attached hydrogens (tertiary/aromatic N) is 7. The normalized spacial score (nSPS) is 12.8. The number of alkyl halides is 2. The molecule has 0 saturated carbocycles. The Morgan fingerprint density at radius 2 is 2.03 bits per heavy atom. The SMILES string of the molecule is N#Cc1cc(N2CCC2)ncc1Cn1cc(NC(=O)c2cncc(-c3c(C(F)F)ccc(Cl)c3F)n2)cn1. The van der Waals surface area contributed by atoms with Gasteiger partial charge in [0.25, 0.3) is 12.3 Å². The lowest BCUT2D eigenvalue weighted by Crippen LogP contribution is -2.37. The van der Waals surface area contributed by atoms with E-state index in [1.807, 2.05) is 0 Å². The van der Waals surface area contributed by atoms with Crippen LogP contribution < -0.4 is 10.2 Å². The molecule has 1 N–H and O–H groups in total. The molecule has 0 radical (unpaired) electrons. The van der Waals surface area contributed by atoms with E-state index < -0.39 is 29.3 Å². The molecule has 1 amide bonds. The van der Waals surface area contributed by atoms with Crippen molar-refractivity contribution in [2.75, 3.05) is 23.3 Å². The van der Waals surface area contributed by atoms with Gasteiger partial charge in [-0.15, -0.1) is 0 Å². The maximum atomic E-state index is 14.6. The number of amides is 1. The van der Waals surface area contributed by atoms with Crippen LogP contribution in [0, 0.1) is 17.1 Å². The summed E-state index contributed by atoms with van der Waals surface area (Å²) in [7, 11) is 0. The monoisotopic (exact) mass is 538 g/mol. The molecule has 0 aliphatic carbocycles. The number of aromatic nitrogens is 5. The van der Waals surface area contributed by atoms with Crippen molar-refractivity contribution in [3.05, 3.63) is 82.4 Å². The fourth-order valence-corrected chi connectivity index (χ4v) is 4.07. The fraction of sp³-hybridized carbons (Fsp3) is 0.200. The Kier molecular flexibility index (Phi) is 6.93. The van der Waals surface area contributed by atoms with E-state index in [0.29, 0.717) is 16.8 Å². The van der Waals surface area contributed by atoms with Crippen molar-refractivity contribution < 1.29 is 18.0 Å². The summed E-state index contributed by atoms with van der Waals surface area (Å²) >= 11 is 5.78. The molecule has 4 heterocycles. The smallest absolute Gasteiger partial charge is 0.275 e. The van der Waals surface area contributed by atoms with Gasteiger partial charge in [-0.3, -0.25) is 14.5 Å². The first-order valence-electron chi connectivity index (χ1n) is 11.4. The molecule has 38 heavy (non-hydrogen) atoms. The number of carbonyl (C=O) groups is 1. The Labute approximate surface area is 219 Å². The minimum Gasteiger partial charge on any atom is -0.356 e. The molecule has 1 aliphatic rings.